The third-order valence-corrected chi connectivity index (χ3v) is 6.29. The van der Waals surface area contributed by atoms with Crippen molar-refractivity contribution in [1.82, 2.24) is 5.01 Å². The van der Waals surface area contributed by atoms with Gasteiger partial charge in [-0.2, -0.15) is 10.1 Å². The van der Waals surface area contributed by atoms with E-state index >= 15 is 0 Å². The number of benzene rings is 2. The summed E-state index contributed by atoms with van der Waals surface area (Å²) in [5.74, 6) is 1.88. The minimum atomic E-state index is -0.369. The van der Waals surface area contributed by atoms with Gasteiger partial charge >= 0.3 is 0 Å². The molecule has 5 rings (SSSR count). The Morgan fingerprint density at radius 3 is 2.10 bits per heavy atom. The Kier molecular flexibility index (Phi) is 4.98. The molecule has 2 aromatic rings. The first kappa shape index (κ1) is 19.5. The maximum atomic E-state index is 12.8. The number of hydrogen-bond acceptors (Lipinski definition) is 8. The molecule has 0 atom stereocenters. The van der Waals surface area contributed by atoms with Crippen molar-refractivity contribution >= 4 is 69.7 Å². The highest BCUT2D eigenvalue weighted by atomic mass is 35.5. The van der Waals surface area contributed by atoms with Gasteiger partial charge in [0, 0.05) is 17.7 Å². The SMILES string of the molecule is O=C1C(=Cc2cc3c(cc2Cl)OCO3)SC(=S)N1N=Cc1cc2c(cc1Cl)OCO2. The molecule has 0 radical (unpaired) electrons. The zero-order valence-corrected chi connectivity index (χ0v) is 18.0. The van der Waals surface area contributed by atoms with Crippen LogP contribution < -0.4 is 18.9 Å². The van der Waals surface area contributed by atoms with Crippen LogP contribution in [-0.2, 0) is 4.79 Å². The first-order valence-corrected chi connectivity index (χ1v) is 10.5. The predicted molar refractivity (Wildman–Crippen MR) is 118 cm³/mol. The van der Waals surface area contributed by atoms with E-state index in [1.54, 1.807) is 30.3 Å². The van der Waals surface area contributed by atoms with Crippen LogP contribution in [-0.4, -0.2) is 35.0 Å². The number of carbonyl (C=O) groups is 1. The van der Waals surface area contributed by atoms with Crippen molar-refractivity contribution in [3.63, 3.8) is 0 Å². The van der Waals surface area contributed by atoms with Crippen molar-refractivity contribution in [3.05, 3.63) is 50.3 Å². The van der Waals surface area contributed by atoms with Crippen LogP contribution in [0.4, 0.5) is 0 Å². The lowest BCUT2D eigenvalue weighted by Crippen LogP contribution is -2.22. The average Bonchev–Trinajstić information content (AvgIpc) is 3.41. The number of ether oxygens (including phenoxy) is 4. The molecule has 0 N–H and O–H groups in total. The molecule has 1 saturated heterocycles. The number of nitrogens with zero attached hydrogens (tertiary/aromatic N) is 2. The molecule has 7 nitrogen and oxygen atoms in total. The van der Waals surface area contributed by atoms with Gasteiger partial charge in [-0.1, -0.05) is 35.0 Å². The molecule has 3 aliphatic heterocycles. The lowest BCUT2D eigenvalue weighted by molar-refractivity contribution is -0.122. The van der Waals surface area contributed by atoms with E-state index < -0.39 is 0 Å². The number of halogens is 2. The fourth-order valence-electron chi connectivity index (χ4n) is 2.90. The largest absolute Gasteiger partial charge is 0.454 e. The minimum Gasteiger partial charge on any atom is -0.454 e. The highest BCUT2D eigenvalue weighted by Crippen LogP contribution is 2.40. The summed E-state index contributed by atoms with van der Waals surface area (Å²) in [4.78, 5) is 13.2. The van der Waals surface area contributed by atoms with Crippen LogP contribution in [0.2, 0.25) is 10.0 Å². The van der Waals surface area contributed by atoms with Crippen molar-refractivity contribution in [2.24, 2.45) is 5.10 Å². The Morgan fingerprint density at radius 2 is 1.47 bits per heavy atom. The topological polar surface area (TPSA) is 69.6 Å². The molecule has 11 heteroatoms. The van der Waals surface area contributed by atoms with E-state index in [-0.39, 0.29) is 23.8 Å². The van der Waals surface area contributed by atoms with Crippen molar-refractivity contribution < 1.29 is 23.7 Å². The first-order chi connectivity index (χ1) is 14.5. The van der Waals surface area contributed by atoms with E-state index in [2.05, 4.69) is 5.10 Å². The number of rotatable bonds is 3. The van der Waals surface area contributed by atoms with Gasteiger partial charge in [0.15, 0.2) is 27.3 Å². The van der Waals surface area contributed by atoms with Gasteiger partial charge < -0.3 is 18.9 Å². The Balaban J connectivity index is 1.40. The van der Waals surface area contributed by atoms with E-state index in [4.69, 9.17) is 54.4 Å². The second-order valence-corrected chi connectivity index (χ2v) is 8.68. The van der Waals surface area contributed by atoms with E-state index in [0.717, 1.165) is 16.8 Å². The second-order valence-electron chi connectivity index (χ2n) is 6.19. The van der Waals surface area contributed by atoms with Gasteiger partial charge in [-0.15, -0.1) is 0 Å². The minimum absolute atomic E-state index is 0.133. The van der Waals surface area contributed by atoms with Crippen LogP contribution in [0.15, 0.2) is 34.3 Å². The molecule has 1 amide bonds. The standard InChI is InChI=1S/C19H10Cl2N2O5S2/c20-11-4-15-13(25-7-27-15)1-9(11)3-17-18(24)23(19(29)30-17)22-6-10-2-14-16(5-12(10)21)28-8-26-14/h1-6H,7-8H2. The number of fused-ring (bicyclic) bond motifs is 2. The predicted octanol–water partition coefficient (Wildman–Crippen LogP) is 4.69. The Bertz CT molecular complexity index is 1170. The van der Waals surface area contributed by atoms with Crippen LogP contribution >= 0.6 is 47.2 Å². The summed E-state index contributed by atoms with van der Waals surface area (Å²) in [6.45, 7) is 0.266. The molecule has 2 aromatic carbocycles. The average molecular weight is 481 g/mol. The molecule has 0 unspecified atom stereocenters. The van der Waals surface area contributed by atoms with E-state index in [9.17, 15) is 4.79 Å². The normalized spacial score (nSPS) is 18.3. The molecule has 152 valence electrons. The zero-order valence-electron chi connectivity index (χ0n) is 14.9. The van der Waals surface area contributed by atoms with Gasteiger partial charge in [-0.05, 0) is 36.0 Å². The van der Waals surface area contributed by atoms with Crippen molar-refractivity contribution in [2.75, 3.05) is 13.6 Å². The summed E-state index contributed by atoms with van der Waals surface area (Å²) in [5, 5.41) is 6.19. The highest BCUT2D eigenvalue weighted by Gasteiger charge is 2.32. The van der Waals surface area contributed by atoms with Gasteiger partial charge in [0.1, 0.15) is 0 Å². The van der Waals surface area contributed by atoms with Crippen LogP contribution in [0, 0.1) is 0 Å². The van der Waals surface area contributed by atoms with Gasteiger partial charge in [0.2, 0.25) is 13.6 Å². The van der Waals surface area contributed by atoms with Crippen molar-refractivity contribution in [3.8, 4) is 23.0 Å². The van der Waals surface area contributed by atoms with Crippen LogP contribution in [0.3, 0.4) is 0 Å². The van der Waals surface area contributed by atoms with E-state index in [0.29, 0.717) is 49.1 Å². The molecular formula is C19H10Cl2N2O5S2. The third kappa shape index (κ3) is 3.47. The molecule has 1 fully saturated rings. The zero-order chi connectivity index (χ0) is 20.8. The Labute approximate surface area is 190 Å². The Hall–Kier alpha value is -2.46. The monoisotopic (exact) mass is 480 g/mol. The number of thioether (sulfide) groups is 1. The van der Waals surface area contributed by atoms with E-state index in [1.807, 2.05) is 0 Å². The third-order valence-electron chi connectivity index (χ3n) is 4.36. The fourth-order valence-corrected chi connectivity index (χ4v) is 4.47. The van der Waals surface area contributed by atoms with Crippen molar-refractivity contribution in [1.29, 1.82) is 0 Å². The first-order valence-electron chi connectivity index (χ1n) is 8.50. The second kappa shape index (κ2) is 7.66. The molecule has 0 spiro atoms. The van der Waals surface area contributed by atoms with Gasteiger partial charge in [-0.3, -0.25) is 4.79 Å². The molecule has 0 bridgehead atoms. The van der Waals surface area contributed by atoms with Crippen LogP contribution in [0.25, 0.3) is 6.08 Å². The van der Waals surface area contributed by atoms with Gasteiger partial charge in [0.25, 0.3) is 5.91 Å². The fraction of sp³-hybridized carbons (Fsp3) is 0.105. The maximum Gasteiger partial charge on any atom is 0.286 e. The van der Waals surface area contributed by atoms with Gasteiger partial charge in [-0.25, -0.2) is 0 Å². The lowest BCUT2D eigenvalue weighted by atomic mass is 10.2. The lowest BCUT2D eigenvalue weighted by Gasteiger charge is -2.07. The van der Waals surface area contributed by atoms with Gasteiger partial charge in [0.05, 0.1) is 21.2 Å². The highest BCUT2D eigenvalue weighted by molar-refractivity contribution is 8.26. The number of hydrogen-bond donors (Lipinski definition) is 0. The smallest absolute Gasteiger partial charge is 0.286 e. The van der Waals surface area contributed by atoms with Crippen LogP contribution in [0.5, 0.6) is 23.0 Å². The molecular weight excluding hydrogens is 471 g/mol. The summed E-state index contributed by atoms with van der Waals surface area (Å²) in [5.41, 5.74) is 1.18. The molecule has 0 aromatic heterocycles. The molecule has 0 saturated carbocycles. The molecule has 3 aliphatic rings. The summed E-state index contributed by atoms with van der Waals surface area (Å²) >= 11 is 19.0. The molecule has 3 heterocycles. The summed E-state index contributed by atoms with van der Waals surface area (Å²) in [7, 11) is 0. The Morgan fingerprint density at radius 1 is 0.933 bits per heavy atom. The number of carbonyl (C=O) groups excluding carboxylic acids is 1. The summed E-state index contributed by atoms with van der Waals surface area (Å²) < 4.78 is 21.6. The van der Waals surface area contributed by atoms with E-state index in [1.165, 1.54) is 6.21 Å². The number of thiocarbonyl (C=S) groups is 1. The number of amides is 1. The summed E-state index contributed by atoms with van der Waals surface area (Å²) in [6.07, 6.45) is 3.10. The van der Waals surface area contributed by atoms with Crippen LogP contribution in [0.1, 0.15) is 11.1 Å². The van der Waals surface area contributed by atoms with Crippen molar-refractivity contribution in [2.45, 2.75) is 0 Å². The quantitative estimate of drug-likeness (QED) is 0.358. The maximum absolute atomic E-state index is 12.8. The summed E-state index contributed by atoms with van der Waals surface area (Å²) in [6, 6.07) is 6.69. The number of hydrazone groups is 1. The molecule has 30 heavy (non-hydrogen) atoms. The molecule has 0 aliphatic carbocycles.